The molecule has 5 heteroatoms. The van der Waals surface area contributed by atoms with Gasteiger partial charge in [-0.25, -0.2) is 0 Å². The maximum Gasteiger partial charge on any atom is 0.236 e. The zero-order chi connectivity index (χ0) is 22.0. The van der Waals surface area contributed by atoms with Gasteiger partial charge in [0.2, 0.25) is 5.91 Å². The molecule has 1 aliphatic heterocycles. The summed E-state index contributed by atoms with van der Waals surface area (Å²) in [5, 5.41) is 1.36. The zero-order valence-electron chi connectivity index (χ0n) is 19.2. The first-order chi connectivity index (χ1) is 14.9. The minimum Gasteiger partial charge on any atom is -0.378 e. The van der Waals surface area contributed by atoms with E-state index in [1.807, 2.05) is 26.0 Å². The van der Waals surface area contributed by atoms with E-state index >= 15 is 0 Å². The Balaban J connectivity index is 1.31. The number of piperidine rings is 1. The second-order valence-electron chi connectivity index (χ2n) is 9.07. The number of nitrogens with one attached hydrogen (secondary N) is 1. The summed E-state index contributed by atoms with van der Waals surface area (Å²) in [6.07, 6.45) is 2.21. The Bertz CT molecular complexity index is 1030. The summed E-state index contributed by atoms with van der Waals surface area (Å²) >= 11 is 0. The number of likely N-dealkylation sites (tertiary alicyclic amines) is 1. The van der Waals surface area contributed by atoms with Gasteiger partial charge in [0.15, 0.2) is 0 Å². The Kier molecular flexibility index (Phi) is 6.33. The van der Waals surface area contributed by atoms with E-state index in [1.54, 1.807) is 0 Å². The van der Waals surface area contributed by atoms with Crippen molar-refractivity contribution in [2.24, 2.45) is 0 Å². The van der Waals surface area contributed by atoms with Crippen LogP contribution in [0, 0.1) is 6.92 Å². The maximum atomic E-state index is 12.8. The van der Waals surface area contributed by atoms with Gasteiger partial charge in [-0.3, -0.25) is 9.69 Å². The molecule has 0 unspecified atom stereocenters. The normalized spacial score (nSPS) is 15.4. The van der Waals surface area contributed by atoms with E-state index in [-0.39, 0.29) is 5.91 Å². The topological polar surface area (TPSA) is 42.6 Å². The molecule has 5 nitrogen and oxygen atoms in total. The van der Waals surface area contributed by atoms with Crippen molar-refractivity contribution in [2.45, 2.75) is 32.2 Å². The van der Waals surface area contributed by atoms with Crippen LogP contribution in [-0.4, -0.2) is 61.5 Å². The number of aryl methyl sites for hydroxylation is 1. The third-order valence-electron chi connectivity index (χ3n) is 6.60. The molecule has 0 aliphatic carbocycles. The van der Waals surface area contributed by atoms with Crippen molar-refractivity contribution in [3.05, 3.63) is 65.4 Å². The molecule has 0 atom stereocenters. The van der Waals surface area contributed by atoms with Crippen molar-refractivity contribution < 1.29 is 4.79 Å². The van der Waals surface area contributed by atoms with Crippen LogP contribution in [-0.2, 0) is 11.3 Å². The van der Waals surface area contributed by atoms with E-state index in [1.165, 1.54) is 27.8 Å². The molecule has 164 valence electrons. The number of amides is 1. The summed E-state index contributed by atoms with van der Waals surface area (Å²) in [6, 6.07) is 17.0. The molecule has 1 saturated heterocycles. The number of para-hydroxylation sites is 1. The summed E-state index contributed by atoms with van der Waals surface area (Å²) in [6.45, 7) is 5.29. The van der Waals surface area contributed by atoms with Gasteiger partial charge in [-0.2, -0.15) is 0 Å². The third-order valence-corrected chi connectivity index (χ3v) is 6.60. The highest BCUT2D eigenvalue weighted by Crippen LogP contribution is 2.35. The van der Waals surface area contributed by atoms with Crippen LogP contribution in [0.1, 0.15) is 35.6 Å². The van der Waals surface area contributed by atoms with Crippen molar-refractivity contribution in [1.29, 1.82) is 0 Å². The molecular formula is C26H34N4O. The van der Waals surface area contributed by atoms with Gasteiger partial charge in [-0.1, -0.05) is 30.3 Å². The van der Waals surface area contributed by atoms with Gasteiger partial charge in [0.05, 0.1) is 6.54 Å². The quantitative estimate of drug-likeness (QED) is 0.646. The summed E-state index contributed by atoms with van der Waals surface area (Å²) in [7, 11) is 5.98. The Morgan fingerprint density at radius 1 is 1.03 bits per heavy atom. The van der Waals surface area contributed by atoms with Gasteiger partial charge in [0, 0.05) is 50.0 Å². The van der Waals surface area contributed by atoms with Gasteiger partial charge < -0.3 is 14.8 Å². The summed E-state index contributed by atoms with van der Waals surface area (Å²) in [4.78, 5) is 22.6. The molecule has 1 fully saturated rings. The first-order valence-corrected chi connectivity index (χ1v) is 11.2. The van der Waals surface area contributed by atoms with Gasteiger partial charge in [0.25, 0.3) is 0 Å². The summed E-state index contributed by atoms with van der Waals surface area (Å²) < 4.78 is 0. The molecule has 2 heterocycles. The van der Waals surface area contributed by atoms with E-state index in [4.69, 9.17) is 0 Å². The number of aromatic amines is 1. The smallest absolute Gasteiger partial charge is 0.236 e. The maximum absolute atomic E-state index is 12.8. The van der Waals surface area contributed by atoms with Crippen LogP contribution in [0.2, 0.25) is 0 Å². The van der Waals surface area contributed by atoms with Gasteiger partial charge in [-0.15, -0.1) is 0 Å². The molecule has 1 amide bonds. The standard InChI is InChI=1S/C26H34N4O/c1-19-26(23-7-5-6-8-24(23)27-19)21-13-15-30(16-14-21)18-25(31)29(4)17-20-9-11-22(12-10-20)28(2)3/h5-12,21,27H,13-18H2,1-4H3. The number of carbonyl (C=O) groups is 1. The number of benzene rings is 2. The summed E-state index contributed by atoms with van der Waals surface area (Å²) in [5.74, 6) is 0.758. The van der Waals surface area contributed by atoms with Crippen molar-refractivity contribution in [1.82, 2.24) is 14.8 Å². The number of fused-ring (bicyclic) bond motifs is 1. The lowest BCUT2D eigenvalue weighted by Crippen LogP contribution is -2.41. The molecule has 0 saturated carbocycles. The molecule has 0 bridgehead atoms. The first-order valence-electron chi connectivity index (χ1n) is 11.2. The molecule has 3 aromatic rings. The lowest BCUT2D eigenvalue weighted by atomic mass is 9.87. The van der Waals surface area contributed by atoms with E-state index in [2.05, 4.69) is 70.2 Å². The second-order valence-corrected chi connectivity index (χ2v) is 9.07. The fourth-order valence-corrected chi connectivity index (χ4v) is 4.78. The van der Waals surface area contributed by atoms with Crippen LogP contribution in [0.25, 0.3) is 10.9 Å². The molecule has 1 N–H and O–H groups in total. The van der Waals surface area contributed by atoms with Crippen molar-refractivity contribution in [3.63, 3.8) is 0 Å². The van der Waals surface area contributed by atoms with Crippen LogP contribution in [0.3, 0.4) is 0 Å². The number of anilines is 1. The van der Waals surface area contributed by atoms with Crippen molar-refractivity contribution >= 4 is 22.5 Å². The van der Waals surface area contributed by atoms with E-state index in [0.717, 1.165) is 31.5 Å². The highest BCUT2D eigenvalue weighted by molar-refractivity contribution is 5.85. The average molecular weight is 419 g/mol. The van der Waals surface area contributed by atoms with Crippen molar-refractivity contribution in [2.75, 3.05) is 45.7 Å². The average Bonchev–Trinajstić information content (AvgIpc) is 3.10. The predicted octanol–water partition coefficient (Wildman–Crippen LogP) is 4.38. The van der Waals surface area contributed by atoms with Gasteiger partial charge >= 0.3 is 0 Å². The van der Waals surface area contributed by atoms with Crippen LogP contribution in [0.15, 0.2) is 48.5 Å². The van der Waals surface area contributed by atoms with Crippen LogP contribution < -0.4 is 4.90 Å². The first kappa shape index (κ1) is 21.4. The van der Waals surface area contributed by atoms with Crippen LogP contribution in [0.4, 0.5) is 5.69 Å². The number of nitrogens with zero attached hydrogens (tertiary/aromatic N) is 3. The number of carbonyl (C=O) groups excluding carboxylic acids is 1. The Labute approximate surface area is 185 Å². The molecule has 4 rings (SSSR count). The Morgan fingerprint density at radius 3 is 2.39 bits per heavy atom. The number of likely N-dealkylation sites (N-methyl/N-ethyl adjacent to an activating group) is 1. The third kappa shape index (κ3) is 4.77. The Hall–Kier alpha value is -2.79. The Morgan fingerprint density at radius 2 is 1.71 bits per heavy atom. The van der Waals surface area contributed by atoms with E-state index in [9.17, 15) is 4.79 Å². The fourth-order valence-electron chi connectivity index (χ4n) is 4.78. The monoisotopic (exact) mass is 418 g/mol. The van der Waals surface area contributed by atoms with Crippen LogP contribution in [0.5, 0.6) is 0 Å². The largest absolute Gasteiger partial charge is 0.378 e. The molecular weight excluding hydrogens is 384 g/mol. The van der Waals surface area contributed by atoms with Crippen molar-refractivity contribution in [3.8, 4) is 0 Å². The lowest BCUT2D eigenvalue weighted by molar-refractivity contribution is -0.131. The fraction of sp³-hybridized carbons (Fsp3) is 0.423. The van der Waals surface area contributed by atoms with E-state index in [0.29, 0.717) is 19.0 Å². The molecule has 1 aliphatic rings. The molecule has 0 radical (unpaired) electrons. The minimum absolute atomic E-state index is 0.193. The number of rotatable bonds is 6. The predicted molar refractivity (Wildman–Crippen MR) is 129 cm³/mol. The van der Waals surface area contributed by atoms with Gasteiger partial charge in [-0.05, 0) is 68.1 Å². The molecule has 1 aromatic heterocycles. The number of hydrogen-bond donors (Lipinski definition) is 1. The number of aromatic nitrogens is 1. The summed E-state index contributed by atoms with van der Waals surface area (Å²) in [5.41, 5.74) is 6.32. The second kappa shape index (κ2) is 9.15. The van der Waals surface area contributed by atoms with E-state index < -0.39 is 0 Å². The number of hydrogen-bond acceptors (Lipinski definition) is 3. The molecule has 31 heavy (non-hydrogen) atoms. The number of H-pyrrole nitrogens is 1. The highest BCUT2D eigenvalue weighted by Gasteiger charge is 2.26. The highest BCUT2D eigenvalue weighted by atomic mass is 16.2. The zero-order valence-corrected chi connectivity index (χ0v) is 19.2. The molecule has 0 spiro atoms. The SMILES string of the molecule is Cc1[nH]c2ccccc2c1C1CCN(CC(=O)N(C)Cc2ccc(N(C)C)cc2)CC1. The van der Waals surface area contributed by atoms with Gasteiger partial charge in [0.1, 0.15) is 0 Å². The molecule has 2 aromatic carbocycles. The van der Waals surface area contributed by atoms with Crippen LogP contribution >= 0.6 is 0 Å². The lowest BCUT2D eigenvalue weighted by Gasteiger charge is -2.33. The minimum atomic E-state index is 0.193.